The van der Waals surface area contributed by atoms with Crippen molar-refractivity contribution in [3.05, 3.63) is 72.9 Å². The molecule has 9 heteroatoms. The average molecular weight is 1070 g/mol. The van der Waals surface area contributed by atoms with E-state index in [4.69, 9.17) is 9.47 Å². The molecular formula is C67H121NO8. The van der Waals surface area contributed by atoms with Gasteiger partial charge in [-0.25, -0.2) is 0 Å². The fraction of sp³-hybridized carbons (Fsp3) is 0.806. The number of ether oxygens (including phenoxy) is 2. The van der Waals surface area contributed by atoms with E-state index in [0.29, 0.717) is 6.42 Å². The van der Waals surface area contributed by atoms with Gasteiger partial charge in [-0.3, -0.25) is 4.79 Å². The molecule has 7 unspecified atom stereocenters. The van der Waals surface area contributed by atoms with E-state index in [2.05, 4.69) is 79.9 Å². The molecule has 0 aromatic rings. The highest BCUT2D eigenvalue weighted by Gasteiger charge is 2.44. The molecule has 0 spiro atoms. The molecule has 0 aliphatic carbocycles. The van der Waals surface area contributed by atoms with E-state index < -0.39 is 49.5 Å². The molecule has 1 saturated heterocycles. The SMILES string of the molecule is CCCCCC/C=C/CC/C=C/CC/C=C/C(O)C(COC1OC(CO)C(O)C(O)C1O)NC(=O)CCCCCCCCCCCCCCCCCCCCCCCCCC/C=C\C/C=C\C/C=C\CCCCCCC. The molecule has 1 rings (SSSR count). The van der Waals surface area contributed by atoms with Crippen LogP contribution in [0.1, 0.15) is 290 Å². The summed E-state index contributed by atoms with van der Waals surface area (Å²) >= 11 is 0. The van der Waals surface area contributed by atoms with Crippen molar-refractivity contribution in [3.63, 3.8) is 0 Å². The molecule has 76 heavy (non-hydrogen) atoms. The van der Waals surface area contributed by atoms with E-state index in [1.807, 2.05) is 6.08 Å². The largest absolute Gasteiger partial charge is 0.394 e. The Bertz CT molecular complexity index is 1420. The summed E-state index contributed by atoms with van der Waals surface area (Å²) in [5.41, 5.74) is 0. The van der Waals surface area contributed by atoms with Crippen LogP contribution in [0.3, 0.4) is 0 Å². The number of aliphatic hydroxyl groups excluding tert-OH is 5. The zero-order chi connectivity index (χ0) is 55.0. The molecule has 1 aliphatic rings. The van der Waals surface area contributed by atoms with Gasteiger partial charge in [0.05, 0.1) is 25.4 Å². The molecule has 0 bridgehead atoms. The zero-order valence-corrected chi connectivity index (χ0v) is 49.3. The summed E-state index contributed by atoms with van der Waals surface area (Å²) in [6, 6.07) is -0.829. The first-order valence-corrected chi connectivity index (χ1v) is 32.2. The lowest BCUT2D eigenvalue weighted by Gasteiger charge is -2.40. The number of allylic oxidation sites excluding steroid dienone is 11. The van der Waals surface area contributed by atoms with Crippen LogP contribution in [0.5, 0.6) is 0 Å². The lowest BCUT2D eigenvalue weighted by atomic mass is 9.99. The first-order valence-electron chi connectivity index (χ1n) is 32.2. The van der Waals surface area contributed by atoms with E-state index >= 15 is 0 Å². The molecular weight excluding hydrogens is 947 g/mol. The normalized spacial score (nSPS) is 19.3. The lowest BCUT2D eigenvalue weighted by Crippen LogP contribution is -2.60. The monoisotopic (exact) mass is 1070 g/mol. The molecule has 1 amide bonds. The van der Waals surface area contributed by atoms with Gasteiger partial charge >= 0.3 is 0 Å². The molecule has 0 aromatic carbocycles. The first-order chi connectivity index (χ1) is 37.3. The molecule has 9 nitrogen and oxygen atoms in total. The molecule has 442 valence electrons. The van der Waals surface area contributed by atoms with Crippen LogP contribution in [0.25, 0.3) is 0 Å². The fourth-order valence-corrected chi connectivity index (χ4v) is 9.90. The minimum absolute atomic E-state index is 0.189. The fourth-order valence-electron chi connectivity index (χ4n) is 9.90. The highest BCUT2D eigenvalue weighted by Crippen LogP contribution is 2.23. The van der Waals surface area contributed by atoms with Gasteiger partial charge < -0.3 is 40.3 Å². The maximum absolute atomic E-state index is 13.1. The maximum atomic E-state index is 13.1. The summed E-state index contributed by atoms with van der Waals surface area (Å²) in [5.74, 6) is -0.189. The van der Waals surface area contributed by atoms with Crippen LogP contribution in [0, 0.1) is 0 Å². The number of amides is 1. The van der Waals surface area contributed by atoms with Crippen LogP contribution in [0.2, 0.25) is 0 Å². The van der Waals surface area contributed by atoms with Gasteiger partial charge in [-0.15, -0.1) is 0 Å². The Labute approximate surface area is 468 Å². The number of hydrogen-bond donors (Lipinski definition) is 6. The highest BCUT2D eigenvalue weighted by atomic mass is 16.7. The van der Waals surface area contributed by atoms with E-state index in [1.165, 1.54) is 205 Å². The Morgan fingerprint density at radius 3 is 1.21 bits per heavy atom. The Morgan fingerprint density at radius 2 is 0.789 bits per heavy atom. The topological polar surface area (TPSA) is 149 Å². The van der Waals surface area contributed by atoms with Crippen LogP contribution >= 0.6 is 0 Å². The molecule has 0 radical (unpaired) electrons. The Morgan fingerprint density at radius 1 is 0.447 bits per heavy atom. The van der Waals surface area contributed by atoms with Crippen LogP contribution in [0.4, 0.5) is 0 Å². The molecule has 0 saturated carbocycles. The van der Waals surface area contributed by atoms with Crippen molar-refractivity contribution in [3.8, 4) is 0 Å². The number of aliphatic hydroxyl groups is 5. The summed E-state index contributed by atoms with van der Waals surface area (Å²) in [7, 11) is 0. The van der Waals surface area contributed by atoms with Gasteiger partial charge in [-0.2, -0.15) is 0 Å². The van der Waals surface area contributed by atoms with Crippen molar-refractivity contribution in [2.75, 3.05) is 13.2 Å². The van der Waals surface area contributed by atoms with Gasteiger partial charge in [0.15, 0.2) is 6.29 Å². The predicted molar refractivity (Wildman–Crippen MR) is 322 cm³/mol. The van der Waals surface area contributed by atoms with Crippen molar-refractivity contribution in [2.45, 2.75) is 333 Å². The molecule has 1 aliphatic heterocycles. The number of carbonyl (C=O) groups is 1. The zero-order valence-electron chi connectivity index (χ0n) is 49.3. The Hall–Kier alpha value is -2.37. The molecule has 0 aromatic heterocycles. The van der Waals surface area contributed by atoms with Gasteiger partial charge in [0.2, 0.25) is 5.91 Å². The summed E-state index contributed by atoms with van der Waals surface area (Å²) < 4.78 is 11.2. The smallest absolute Gasteiger partial charge is 0.220 e. The molecule has 1 heterocycles. The van der Waals surface area contributed by atoms with E-state index in [0.717, 1.165) is 64.2 Å². The van der Waals surface area contributed by atoms with E-state index in [-0.39, 0.29) is 12.5 Å². The maximum Gasteiger partial charge on any atom is 0.220 e. The minimum atomic E-state index is -1.58. The van der Waals surface area contributed by atoms with Crippen molar-refractivity contribution in [1.29, 1.82) is 0 Å². The van der Waals surface area contributed by atoms with Crippen molar-refractivity contribution in [1.82, 2.24) is 5.32 Å². The average Bonchev–Trinajstić information content (AvgIpc) is 3.42. The molecule has 7 atom stereocenters. The van der Waals surface area contributed by atoms with Crippen LogP contribution in [-0.2, 0) is 14.3 Å². The van der Waals surface area contributed by atoms with Crippen LogP contribution < -0.4 is 5.32 Å². The van der Waals surface area contributed by atoms with Crippen molar-refractivity contribution >= 4 is 5.91 Å². The lowest BCUT2D eigenvalue weighted by molar-refractivity contribution is -0.302. The quantitative estimate of drug-likeness (QED) is 0.0261. The molecule has 1 fully saturated rings. The molecule has 6 N–H and O–H groups in total. The summed E-state index contributed by atoms with van der Waals surface area (Å²) in [6.45, 7) is 3.73. The third-order valence-electron chi connectivity index (χ3n) is 15.0. The number of nitrogens with one attached hydrogen (secondary N) is 1. The van der Waals surface area contributed by atoms with Crippen molar-refractivity contribution in [2.24, 2.45) is 0 Å². The van der Waals surface area contributed by atoms with E-state index in [1.54, 1.807) is 6.08 Å². The first kappa shape index (κ1) is 71.6. The number of rotatable bonds is 55. The van der Waals surface area contributed by atoms with Gasteiger partial charge in [0, 0.05) is 6.42 Å². The Kier molecular flexibility index (Phi) is 52.7. The van der Waals surface area contributed by atoms with Gasteiger partial charge in [-0.05, 0) is 83.5 Å². The number of hydrogen-bond acceptors (Lipinski definition) is 8. The van der Waals surface area contributed by atoms with Crippen LogP contribution in [-0.4, -0.2) is 87.5 Å². The summed E-state index contributed by atoms with van der Waals surface area (Å²) in [4.78, 5) is 13.1. The number of unbranched alkanes of at least 4 members (excludes halogenated alkanes) is 35. The second kappa shape index (κ2) is 55.9. The second-order valence-electron chi connectivity index (χ2n) is 22.2. The van der Waals surface area contributed by atoms with Gasteiger partial charge in [-0.1, -0.05) is 273 Å². The minimum Gasteiger partial charge on any atom is -0.394 e. The standard InChI is InChI=1S/C67H121NO8/c1-3-5-7-9-11-13-15-17-19-20-21-22-23-24-25-26-27-28-29-30-31-32-33-34-35-36-37-38-39-40-41-42-43-45-47-49-51-53-55-57-63(71)68-60(59-75-67-66(74)65(73)64(72)62(58-69)76-67)61(70)56-54-52-50-48-46-44-18-16-14-12-10-8-6-4-2/h14-17,20-21,23-24,46,48,54,56,60-62,64-67,69-70,72-74H,3-13,18-19,22,25-45,47,49-53,55,57-59H2,1-2H3,(H,68,71)/b16-14+,17-15-,21-20-,24-23-,48-46+,56-54+. The second-order valence-corrected chi connectivity index (χ2v) is 22.2. The summed E-state index contributed by atoms with van der Waals surface area (Å²) in [5, 5.41) is 54.4. The van der Waals surface area contributed by atoms with Gasteiger partial charge in [0.1, 0.15) is 24.4 Å². The van der Waals surface area contributed by atoms with Crippen molar-refractivity contribution < 1.29 is 39.8 Å². The van der Waals surface area contributed by atoms with Crippen LogP contribution in [0.15, 0.2) is 72.9 Å². The summed E-state index contributed by atoms with van der Waals surface area (Å²) in [6.07, 6.45) is 71.6. The predicted octanol–water partition coefficient (Wildman–Crippen LogP) is 16.8. The highest BCUT2D eigenvalue weighted by molar-refractivity contribution is 5.76. The van der Waals surface area contributed by atoms with Gasteiger partial charge in [0.25, 0.3) is 0 Å². The third kappa shape index (κ3) is 44.5. The third-order valence-corrected chi connectivity index (χ3v) is 15.0. The Balaban J connectivity index is 2.06. The van der Waals surface area contributed by atoms with E-state index in [9.17, 15) is 30.3 Å². The number of carbonyl (C=O) groups excluding carboxylic acids is 1.